The topological polar surface area (TPSA) is 35.9 Å². The molecule has 1 aliphatic rings. The van der Waals surface area contributed by atoms with Gasteiger partial charge in [-0.3, -0.25) is 4.57 Å². The molecule has 0 saturated carbocycles. The molecule has 0 aliphatic carbocycles. The van der Waals surface area contributed by atoms with Crippen LogP contribution in [0.2, 0.25) is 0 Å². The molecule has 15 aromatic rings. The summed E-state index contributed by atoms with van der Waals surface area (Å²) in [7, 11) is -6.02. The first-order chi connectivity index (χ1) is 54.8. The van der Waals surface area contributed by atoms with Gasteiger partial charge in [0.05, 0.1) is 44.1 Å². The van der Waals surface area contributed by atoms with Crippen molar-refractivity contribution in [3.8, 4) is 84.3 Å². The van der Waals surface area contributed by atoms with Crippen LogP contribution in [-0.4, -0.2) is 22.2 Å². The molecule has 3 aromatic heterocycles. The summed E-state index contributed by atoms with van der Waals surface area (Å²) in [4.78, 5) is 4.90. The Hall–Kier alpha value is -10.2. The summed E-state index contributed by atoms with van der Waals surface area (Å²) in [5.41, 5.74) is 8.21. The Morgan fingerprint density at radius 2 is 0.990 bits per heavy atom. The number of fused-ring (bicyclic) bond motifs is 10. The van der Waals surface area contributed by atoms with Crippen LogP contribution >= 0.6 is 0 Å². The summed E-state index contributed by atoms with van der Waals surface area (Å²) in [5, 5.41) is -0.573. The molecule has 0 amide bonds. The van der Waals surface area contributed by atoms with Crippen LogP contribution in [-0.2, 0) is 37.3 Å². The van der Waals surface area contributed by atoms with Crippen LogP contribution in [0.5, 0.6) is 11.5 Å². The van der Waals surface area contributed by atoms with Crippen molar-refractivity contribution in [1.82, 2.24) is 14.1 Å². The van der Waals surface area contributed by atoms with Crippen LogP contribution in [0.15, 0.2) is 285 Å². The first-order valence-electron chi connectivity index (χ1n) is 41.8. The number of rotatable bonds is 10. The minimum atomic E-state index is -6.02. The molecule has 5 nitrogen and oxygen atoms in total. The average Bonchev–Trinajstić information content (AvgIpc) is 1.54. The van der Waals surface area contributed by atoms with Crippen molar-refractivity contribution in [2.75, 3.05) is 0 Å². The number of imidazole rings is 1. The fourth-order valence-electron chi connectivity index (χ4n) is 13.5. The number of para-hydroxylation sites is 2. The van der Waals surface area contributed by atoms with E-state index in [1.165, 1.54) is 0 Å². The van der Waals surface area contributed by atoms with Crippen molar-refractivity contribution in [1.29, 1.82) is 0 Å². The molecule has 0 unspecified atom stereocenters. The van der Waals surface area contributed by atoms with E-state index in [1.807, 2.05) is 69.8 Å². The van der Waals surface area contributed by atoms with Crippen LogP contribution in [0.4, 0.5) is 0 Å². The SMILES string of the molecule is [2H]c1c([2H])c([2H])c(-c2cccc3c2-c2ccccc2-c2cc([Si](c4c([2H])c([2H])c([2H])c([2H])c4[2H])(c4c([2H])c([2H])c([2H])c([2H])c4[2H])c4c([2H])c([2H])c([2H])c([2H])c4[2H])cc4c2[n+]([c-]n4-c2[c-]c(Oc4[c-]c5c(cc4)c4ccccc4n5-c4cc(C(C)(C)C)ccn4)ccc2)-c2c(-c4cc(C(C)(C)C)cc(C(C)(C)C)c4)cccc2-3)c([2H])c1[2H].[Pt]. The monoisotopic (exact) mass is 1470 g/mol. The Labute approximate surface area is 613 Å². The van der Waals surface area contributed by atoms with Gasteiger partial charge in [-0.05, 0) is 139 Å². The quantitative estimate of drug-likeness (QED) is 0.0592. The molecule has 0 spiro atoms. The van der Waals surface area contributed by atoms with E-state index < -0.39 is 155 Å². The van der Waals surface area contributed by atoms with Crippen LogP contribution in [0, 0.1) is 18.5 Å². The maximum absolute atomic E-state index is 10.3. The zero-order valence-corrected chi connectivity index (χ0v) is 57.9. The summed E-state index contributed by atoms with van der Waals surface area (Å²) in [6.07, 6.45) is 5.59. The normalized spacial score (nSPS) is 15.2. The largest absolute Gasteiger partial charge is 0.510 e. The second-order valence-corrected chi connectivity index (χ2v) is 30.9. The second kappa shape index (κ2) is 24.4. The maximum Gasteiger partial charge on any atom is 0.268 e. The molecule has 0 N–H and O–H groups in total. The molecule has 16 rings (SSSR count). The third-order valence-corrected chi connectivity index (χ3v) is 22.4. The molecule has 4 heterocycles. The van der Waals surface area contributed by atoms with E-state index in [2.05, 4.69) is 105 Å². The number of hydrogen-bond acceptors (Lipinski definition) is 2. The molecule has 97 heavy (non-hydrogen) atoms. The Morgan fingerprint density at radius 3 is 1.64 bits per heavy atom. The Kier molecular flexibility index (Phi) is 11.0. The number of nitrogens with zero attached hydrogens (tertiary/aromatic N) is 4. The van der Waals surface area contributed by atoms with Gasteiger partial charge in [0, 0.05) is 44.3 Å². The number of benzene rings is 12. The number of aromatic nitrogens is 4. The Bertz CT molecular complexity index is 6480. The molecule has 12 aromatic carbocycles. The van der Waals surface area contributed by atoms with E-state index in [9.17, 15) is 19.2 Å². The van der Waals surface area contributed by atoms with E-state index in [0.29, 0.717) is 50.4 Å². The fourth-order valence-corrected chi connectivity index (χ4v) is 17.3. The van der Waals surface area contributed by atoms with Gasteiger partial charge >= 0.3 is 0 Å². The van der Waals surface area contributed by atoms with Crippen LogP contribution in [0.25, 0.3) is 106 Å². The van der Waals surface area contributed by atoms with Gasteiger partial charge in [-0.1, -0.05) is 298 Å². The molecule has 0 fully saturated rings. The third kappa shape index (κ3) is 10.9. The Morgan fingerprint density at radius 1 is 0.433 bits per heavy atom. The molecule has 0 radical (unpaired) electrons. The second-order valence-electron chi connectivity index (χ2n) is 27.3. The zero-order valence-electron chi connectivity index (χ0n) is 74.6. The molecule has 1 aliphatic heterocycles. The molecular weight excluding hydrogens is 1380 g/mol. The number of hydrogen-bond donors (Lipinski definition) is 0. The standard InChI is InChI=1S/C90H74N4OSi.Pt/c1-88(2,3)62-49-50-91-84(54-62)94-81-46-25-24-40-75(81)76-48-47-67(56-82(76)94)95-66-32-26-31-65(55-66)92-59-93-86-73(61-51-63(89(4,5)6)53-64(52-61)90(7,8)9)43-28-45-79(86)78-44-27-42-72(60-29-14-10-15-30-60)85(78)77-41-23-22-39-74(77)80-57-71(58-83(92)87(80)93)96(68-33-16-11-17-34-68,69-35-18-12-19-36-69)70-37-20-13-21-38-70;/h10-54,57-58H,1-9H3;/q-2;/i10D,11D,12D,13D,14D,15D,16D,17D,18D,19D,20D,21D,29D,30D,33D,34D,35D,36D,37D,38D;. The molecule has 7 heteroatoms. The summed E-state index contributed by atoms with van der Waals surface area (Å²) in [6.45, 7) is 19.2. The van der Waals surface area contributed by atoms with Crippen molar-refractivity contribution in [2.45, 2.75) is 78.6 Å². The predicted molar refractivity (Wildman–Crippen MR) is 400 cm³/mol. The van der Waals surface area contributed by atoms with E-state index in [1.54, 1.807) is 83.6 Å². The van der Waals surface area contributed by atoms with E-state index in [-0.39, 0.29) is 76.6 Å². The fraction of sp³-hybridized carbons (Fsp3) is 0.133. The summed E-state index contributed by atoms with van der Waals surface area (Å²) >= 11 is 0. The average molecular weight is 1470 g/mol. The molecule has 0 atom stereocenters. The molecule has 476 valence electrons. The smallest absolute Gasteiger partial charge is 0.268 e. The Balaban J connectivity index is 0.0000107. The van der Waals surface area contributed by atoms with E-state index in [4.69, 9.17) is 17.9 Å². The van der Waals surface area contributed by atoms with Gasteiger partial charge in [0.15, 0.2) is 8.07 Å². The third-order valence-electron chi connectivity index (χ3n) is 18.3. The van der Waals surface area contributed by atoms with Crippen molar-refractivity contribution < 1.29 is 57.8 Å². The minimum Gasteiger partial charge on any atom is -0.510 e. The van der Waals surface area contributed by atoms with Crippen LogP contribution in [0.3, 0.4) is 0 Å². The maximum atomic E-state index is 10.3. The van der Waals surface area contributed by atoms with Gasteiger partial charge in [-0.2, -0.15) is 18.2 Å². The first kappa shape index (κ1) is 43.8. The van der Waals surface area contributed by atoms with Gasteiger partial charge in [-0.15, -0.1) is 29.7 Å². The minimum absolute atomic E-state index is 0. The molecule has 0 saturated heterocycles. The van der Waals surface area contributed by atoms with Gasteiger partial charge < -0.3 is 13.9 Å². The van der Waals surface area contributed by atoms with E-state index >= 15 is 0 Å². The number of pyridine rings is 1. The summed E-state index contributed by atoms with van der Waals surface area (Å²) < 4.78 is 205. The summed E-state index contributed by atoms with van der Waals surface area (Å²) in [5.74, 6) is 1.09. The molecule has 0 bridgehead atoms. The van der Waals surface area contributed by atoms with Gasteiger partial charge in [-0.25, -0.2) is 4.98 Å². The first-order valence-corrected chi connectivity index (χ1v) is 33.8. The predicted octanol–water partition coefficient (Wildman–Crippen LogP) is 19.5. The summed E-state index contributed by atoms with van der Waals surface area (Å²) in [6, 6.07) is 38.8. The van der Waals surface area contributed by atoms with Crippen LogP contribution in [0.1, 0.15) is 106 Å². The van der Waals surface area contributed by atoms with Gasteiger partial charge in [0.2, 0.25) is 0 Å². The van der Waals surface area contributed by atoms with Crippen molar-refractivity contribution in [3.05, 3.63) is 320 Å². The van der Waals surface area contributed by atoms with Gasteiger partial charge in [0.1, 0.15) is 5.82 Å². The zero-order chi connectivity index (χ0) is 83.1. The molecular formula is C90H74N4OPtSi-2. The van der Waals surface area contributed by atoms with Crippen molar-refractivity contribution in [3.63, 3.8) is 0 Å². The van der Waals surface area contributed by atoms with E-state index in [0.717, 1.165) is 38.5 Å². The number of ether oxygens (including phenoxy) is 1. The van der Waals surface area contributed by atoms with Gasteiger partial charge in [0.25, 0.3) is 6.33 Å². The van der Waals surface area contributed by atoms with Crippen molar-refractivity contribution in [2.24, 2.45) is 0 Å². The van der Waals surface area contributed by atoms with Crippen LogP contribution < -0.4 is 30.1 Å². The van der Waals surface area contributed by atoms with Crippen molar-refractivity contribution >= 4 is 61.7 Å².